The van der Waals surface area contributed by atoms with Crippen LogP contribution in [0.5, 0.6) is 0 Å². The number of hydrogen-bond donors (Lipinski definition) is 2. The van der Waals surface area contributed by atoms with Crippen molar-refractivity contribution in [1.29, 1.82) is 0 Å². The van der Waals surface area contributed by atoms with Crippen molar-refractivity contribution in [3.05, 3.63) is 0 Å². The molecule has 5 nitrogen and oxygen atoms in total. The zero-order chi connectivity index (χ0) is 12.3. The Morgan fingerprint density at radius 1 is 1.31 bits per heavy atom. The Labute approximate surface area is 95.8 Å². The highest BCUT2D eigenvalue weighted by molar-refractivity contribution is 5.82. The van der Waals surface area contributed by atoms with Crippen molar-refractivity contribution in [2.45, 2.75) is 39.7 Å². The second-order valence-electron chi connectivity index (χ2n) is 5.16. The second kappa shape index (κ2) is 4.72. The smallest absolute Gasteiger partial charge is 0.325 e. The predicted molar refractivity (Wildman–Crippen MR) is 60.2 cm³/mol. The molecule has 92 valence electrons. The quantitative estimate of drug-likeness (QED) is 0.748. The lowest BCUT2D eigenvalue weighted by molar-refractivity contribution is -0.138. The van der Waals surface area contributed by atoms with E-state index in [0.717, 1.165) is 12.8 Å². The van der Waals surface area contributed by atoms with Crippen LogP contribution < -0.4 is 5.32 Å². The summed E-state index contributed by atoms with van der Waals surface area (Å²) in [6.07, 6.45) is 1.92. The van der Waals surface area contributed by atoms with Gasteiger partial charge in [0, 0.05) is 13.1 Å². The summed E-state index contributed by atoms with van der Waals surface area (Å²) < 4.78 is 0. The van der Waals surface area contributed by atoms with Gasteiger partial charge in [-0.1, -0.05) is 13.8 Å². The molecule has 16 heavy (non-hydrogen) atoms. The highest BCUT2D eigenvalue weighted by atomic mass is 16.4. The molecule has 0 saturated carbocycles. The molecule has 0 aromatic carbocycles. The molecule has 0 bridgehead atoms. The molecule has 0 unspecified atom stereocenters. The monoisotopic (exact) mass is 228 g/mol. The van der Waals surface area contributed by atoms with E-state index in [1.54, 1.807) is 4.90 Å². The van der Waals surface area contributed by atoms with Crippen molar-refractivity contribution in [3.8, 4) is 0 Å². The van der Waals surface area contributed by atoms with E-state index >= 15 is 0 Å². The normalized spacial score (nSPS) is 21.3. The first-order chi connectivity index (χ1) is 7.32. The number of piperidine rings is 1. The maximum Gasteiger partial charge on any atom is 0.325 e. The van der Waals surface area contributed by atoms with Gasteiger partial charge in [-0.25, -0.2) is 4.79 Å². The van der Waals surface area contributed by atoms with Gasteiger partial charge in [-0.05, 0) is 25.2 Å². The number of carboxylic acids is 1. The number of aliphatic carboxylic acids is 1. The van der Waals surface area contributed by atoms with Gasteiger partial charge < -0.3 is 15.3 Å². The Morgan fingerprint density at radius 3 is 2.25 bits per heavy atom. The highest BCUT2D eigenvalue weighted by Gasteiger charge is 2.28. The first-order valence-corrected chi connectivity index (χ1v) is 5.60. The Bertz CT molecular complexity index is 279. The molecule has 1 saturated heterocycles. The van der Waals surface area contributed by atoms with Crippen LogP contribution in [-0.4, -0.2) is 41.1 Å². The molecular weight excluding hydrogens is 208 g/mol. The Hall–Kier alpha value is -1.26. The van der Waals surface area contributed by atoms with Gasteiger partial charge >= 0.3 is 12.0 Å². The molecule has 0 aliphatic carbocycles. The van der Waals surface area contributed by atoms with E-state index in [9.17, 15) is 9.59 Å². The topological polar surface area (TPSA) is 69.6 Å². The van der Waals surface area contributed by atoms with Crippen LogP contribution in [0.2, 0.25) is 0 Å². The maximum absolute atomic E-state index is 11.7. The molecule has 1 aliphatic heterocycles. The van der Waals surface area contributed by atoms with Crippen LogP contribution in [0.3, 0.4) is 0 Å². The molecule has 1 fully saturated rings. The standard InChI is InChI=1S/C11H20N2O3/c1-8(9(14)15)12-10(16)13-6-4-11(2,3)5-7-13/h8H,4-7H2,1-3H3,(H,12,16)(H,14,15)/t8-/m1/s1. The van der Waals surface area contributed by atoms with E-state index < -0.39 is 12.0 Å². The van der Waals surface area contributed by atoms with E-state index in [1.165, 1.54) is 6.92 Å². The third-order valence-corrected chi connectivity index (χ3v) is 3.11. The molecule has 2 amide bonds. The summed E-state index contributed by atoms with van der Waals surface area (Å²) in [6.45, 7) is 7.23. The SMILES string of the molecule is C[C@@H](NC(=O)N1CCC(C)(C)CC1)C(=O)O. The van der Waals surface area contributed by atoms with Crippen molar-refractivity contribution >= 4 is 12.0 Å². The van der Waals surface area contributed by atoms with E-state index in [2.05, 4.69) is 19.2 Å². The number of carboxylic acid groups (broad SMARTS) is 1. The predicted octanol–water partition coefficient (Wildman–Crippen LogP) is 1.29. The molecule has 1 atom stereocenters. The van der Waals surface area contributed by atoms with Crippen molar-refractivity contribution < 1.29 is 14.7 Å². The van der Waals surface area contributed by atoms with Gasteiger partial charge in [0.05, 0.1) is 0 Å². The summed E-state index contributed by atoms with van der Waals surface area (Å²) in [6, 6.07) is -1.10. The first-order valence-electron chi connectivity index (χ1n) is 5.60. The number of rotatable bonds is 2. The number of amides is 2. The molecule has 5 heteroatoms. The van der Waals surface area contributed by atoms with Gasteiger partial charge in [-0.15, -0.1) is 0 Å². The minimum atomic E-state index is -1.01. The Balaban J connectivity index is 2.42. The van der Waals surface area contributed by atoms with Crippen LogP contribution in [0.25, 0.3) is 0 Å². The van der Waals surface area contributed by atoms with Gasteiger partial charge in [0.1, 0.15) is 6.04 Å². The fourth-order valence-electron chi connectivity index (χ4n) is 1.65. The van der Waals surface area contributed by atoms with Gasteiger partial charge in [-0.3, -0.25) is 4.79 Å². The minimum Gasteiger partial charge on any atom is -0.480 e. The molecule has 1 rings (SSSR count). The number of urea groups is 1. The number of carbonyl (C=O) groups is 2. The molecule has 1 aliphatic rings. The Morgan fingerprint density at radius 2 is 1.81 bits per heavy atom. The second-order valence-corrected chi connectivity index (χ2v) is 5.16. The van der Waals surface area contributed by atoms with Crippen LogP contribution in [0, 0.1) is 5.41 Å². The van der Waals surface area contributed by atoms with E-state index in [1.807, 2.05) is 0 Å². The molecule has 0 radical (unpaired) electrons. The lowest BCUT2D eigenvalue weighted by Crippen LogP contribution is -2.50. The summed E-state index contributed by atoms with van der Waals surface area (Å²) in [5, 5.41) is 11.1. The van der Waals surface area contributed by atoms with Crippen molar-refractivity contribution in [3.63, 3.8) is 0 Å². The number of hydrogen-bond acceptors (Lipinski definition) is 2. The first kappa shape index (κ1) is 12.8. The van der Waals surface area contributed by atoms with Gasteiger partial charge in [0.25, 0.3) is 0 Å². The third-order valence-electron chi connectivity index (χ3n) is 3.11. The van der Waals surface area contributed by atoms with Crippen LogP contribution in [0.15, 0.2) is 0 Å². The lowest BCUT2D eigenvalue weighted by Gasteiger charge is -2.37. The molecule has 1 heterocycles. The van der Waals surface area contributed by atoms with Crippen molar-refractivity contribution in [1.82, 2.24) is 10.2 Å². The lowest BCUT2D eigenvalue weighted by atomic mass is 9.83. The largest absolute Gasteiger partial charge is 0.480 e. The van der Waals surface area contributed by atoms with Crippen LogP contribution in [-0.2, 0) is 4.79 Å². The average Bonchev–Trinajstić information content (AvgIpc) is 2.17. The molecule has 0 aromatic rings. The molecule has 2 N–H and O–H groups in total. The summed E-state index contributed by atoms with van der Waals surface area (Å²) in [7, 11) is 0. The van der Waals surface area contributed by atoms with Crippen LogP contribution in [0.4, 0.5) is 4.79 Å². The zero-order valence-corrected chi connectivity index (χ0v) is 10.1. The number of nitrogens with zero attached hydrogens (tertiary/aromatic N) is 1. The minimum absolute atomic E-state index is 0.273. The maximum atomic E-state index is 11.7. The van der Waals surface area contributed by atoms with Crippen LogP contribution in [0.1, 0.15) is 33.6 Å². The third kappa shape index (κ3) is 3.40. The summed E-state index contributed by atoms with van der Waals surface area (Å²) in [4.78, 5) is 23.9. The Kier molecular flexibility index (Phi) is 3.78. The zero-order valence-electron chi connectivity index (χ0n) is 10.1. The van der Waals surface area contributed by atoms with Gasteiger partial charge in [0.15, 0.2) is 0 Å². The van der Waals surface area contributed by atoms with Crippen molar-refractivity contribution in [2.24, 2.45) is 5.41 Å². The molecule has 0 spiro atoms. The molecular formula is C11H20N2O3. The number of likely N-dealkylation sites (tertiary alicyclic amines) is 1. The summed E-state index contributed by atoms with van der Waals surface area (Å²) in [5.74, 6) is -1.01. The fraction of sp³-hybridized carbons (Fsp3) is 0.818. The number of nitrogens with one attached hydrogen (secondary N) is 1. The van der Waals surface area contributed by atoms with E-state index in [4.69, 9.17) is 5.11 Å². The van der Waals surface area contributed by atoms with E-state index in [0.29, 0.717) is 13.1 Å². The van der Waals surface area contributed by atoms with E-state index in [-0.39, 0.29) is 11.4 Å². The van der Waals surface area contributed by atoms with Gasteiger partial charge in [0.2, 0.25) is 0 Å². The van der Waals surface area contributed by atoms with Crippen LogP contribution >= 0.6 is 0 Å². The summed E-state index contributed by atoms with van der Waals surface area (Å²) in [5.41, 5.74) is 0.287. The average molecular weight is 228 g/mol. The highest BCUT2D eigenvalue weighted by Crippen LogP contribution is 2.29. The summed E-state index contributed by atoms with van der Waals surface area (Å²) >= 11 is 0. The fourth-order valence-corrected chi connectivity index (χ4v) is 1.65. The van der Waals surface area contributed by atoms with Gasteiger partial charge in [-0.2, -0.15) is 0 Å². The van der Waals surface area contributed by atoms with Crippen molar-refractivity contribution in [2.75, 3.05) is 13.1 Å². The molecule has 0 aromatic heterocycles. The number of carbonyl (C=O) groups excluding carboxylic acids is 1.